The molecule has 2 aliphatic heterocycles. The molecular weight excluding hydrogens is 398 g/mol. The van der Waals surface area contributed by atoms with Crippen LogP contribution in [0, 0.1) is 10.1 Å². The first-order valence-corrected chi connectivity index (χ1v) is 8.76. The first-order chi connectivity index (χ1) is 14.3. The third-order valence-electron chi connectivity index (χ3n) is 4.32. The van der Waals surface area contributed by atoms with Gasteiger partial charge in [-0.25, -0.2) is 0 Å². The number of fused-ring (bicyclic) bond motifs is 1. The first-order valence-electron chi connectivity index (χ1n) is 8.76. The number of benzene rings is 2. The Labute approximate surface area is 169 Å². The van der Waals surface area contributed by atoms with E-state index in [4.69, 9.17) is 18.9 Å². The van der Waals surface area contributed by atoms with Gasteiger partial charge < -0.3 is 18.9 Å². The van der Waals surface area contributed by atoms with E-state index in [2.05, 4.69) is 5.10 Å². The van der Waals surface area contributed by atoms with E-state index in [1.54, 1.807) is 24.3 Å². The fraction of sp³-hybridized carbons (Fsp3) is 0.211. The summed E-state index contributed by atoms with van der Waals surface area (Å²) in [5, 5.41) is 16.7. The number of carbonyl (C=O) groups excluding carboxylic acids is 2. The molecule has 0 aliphatic carbocycles. The Morgan fingerprint density at radius 1 is 1.20 bits per heavy atom. The maximum Gasteiger partial charge on any atom is 0.308 e. The van der Waals surface area contributed by atoms with E-state index in [0.717, 1.165) is 5.01 Å². The molecule has 0 unspecified atom stereocenters. The van der Waals surface area contributed by atoms with Crippen LogP contribution in [0.15, 0.2) is 41.5 Å². The lowest BCUT2D eigenvalue weighted by molar-refractivity contribution is -0.385. The van der Waals surface area contributed by atoms with Crippen molar-refractivity contribution in [2.75, 3.05) is 6.79 Å². The van der Waals surface area contributed by atoms with E-state index in [1.807, 2.05) is 0 Å². The van der Waals surface area contributed by atoms with Gasteiger partial charge in [-0.1, -0.05) is 12.1 Å². The van der Waals surface area contributed by atoms with E-state index in [-0.39, 0.29) is 35.4 Å². The number of ether oxygens (including phenoxy) is 4. The highest BCUT2D eigenvalue weighted by Gasteiger charge is 2.38. The van der Waals surface area contributed by atoms with Crippen molar-refractivity contribution in [2.24, 2.45) is 5.10 Å². The second kappa shape index (κ2) is 7.35. The van der Waals surface area contributed by atoms with Gasteiger partial charge in [-0.05, 0) is 12.1 Å². The molecule has 0 radical (unpaired) electrons. The molecule has 2 heterocycles. The molecule has 4 rings (SSSR count). The van der Waals surface area contributed by atoms with E-state index >= 15 is 0 Å². The van der Waals surface area contributed by atoms with Gasteiger partial charge in [0, 0.05) is 19.9 Å². The minimum Gasteiger partial charge on any atom is -0.454 e. The quantitative estimate of drug-likeness (QED) is 0.323. The monoisotopic (exact) mass is 413 g/mol. The Morgan fingerprint density at radius 3 is 2.57 bits per heavy atom. The van der Waals surface area contributed by atoms with Gasteiger partial charge in [0.2, 0.25) is 24.8 Å². The number of esters is 1. The topological polar surface area (TPSA) is 130 Å². The molecule has 2 aliphatic rings. The number of hydrazone groups is 1. The summed E-state index contributed by atoms with van der Waals surface area (Å²) in [5.41, 5.74) is 0.0448. The molecule has 0 N–H and O–H groups in total. The lowest BCUT2D eigenvalue weighted by Gasteiger charge is -2.21. The highest BCUT2D eigenvalue weighted by molar-refractivity contribution is 6.00. The van der Waals surface area contributed by atoms with Crippen molar-refractivity contribution in [3.63, 3.8) is 0 Å². The van der Waals surface area contributed by atoms with Crippen LogP contribution in [0.4, 0.5) is 5.69 Å². The maximum absolute atomic E-state index is 12.2. The molecule has 2 aromatic carbocycles. The number of amides is 1. The molecule has 0 saturated heterocycles. The number of hydrogen-bond acceptors (Lipinski definition) is 9. The molecular formula is C19H15N3O8. The van der Waals surface area contributed by atoms with Crippen molar-refractivity contribution < 1.29 is 33.5 Å². The molecule has 0 bridgehead atoms. The zero-order chi connectivity index (χ0) is 21.4. The molecule has 1 atom stereocenters. The van der Waals surface area contributed by atoms with Gasteiger partial charge >= 0.3 is 5.97 Å². The zero-order valence-electron chi connectivity index (χ0n) is 15.9. The van der Waals surface area contributed by atoms with E-state index in [1.165, 1.54) is 26.0 Å². The molecule has 0 fully saturated rings. The second-order valence-corrected chi connectivity index (χ2v) is 6.35. The van der Waals surface area contributed by atoms with Crippen LogP contribution >= 0.6 is 0 Å². The van der Waals surface area contributed by atoms with Crippen LogP contribution in [0.1, 0.15) is 31.2 Å². The van der Waals surface area contributed by atoms with E-state index in [0.29, 0.717) is 11.3 Å². The summed E-state index contributed by atoms with van der Waals surface area (Å²) in [6.07, 6.45) is -1.09. The van der Waals surface area contributed by atoms with Gasteiger partial charge in [0.1, 0.15) is 11.3 Å². The highest BCUT2D eigenvalue weighted by Crippen LogP contribution is 2.41. The number of carbonyl (C=O) groups is 2. The molecule has 0 aromatic heterocycles. The first kappa shape index (κ1) is 19.2. The summed E-state index contributed by atoms with van der Waals surface area (Å²) in [6.45, 7) is 2.44. The predicted molar refractivity (Wildman–Crippen MR) is 99.9 cm³/mol. The van der Waals surface area contributed by atoms with Gasteiger partial charge in [-0.3, -0.25) is 19.7 Å². The third-order valence-corrected chi connectivity index (χ3v) is 4.32. The average molecular weight is 413 g/mol. The van der Waals surface area contributed by atoms with Crippen LogP contribution in [-0.4, -0.2) is 34.5 Å². The minimum absolute atomic E-state index is 0.0166. The molecule has 2 aromatic rings. The molecule has 11 nitrogen and oxygen atoms in total. The van der Waals surface area contributed by atoms with E-state index in [9.17, 15) is 19.7 Å². The van der Waals surface area contributed by atoms with Crippen molar-refractivity contribution >= 4 is 23.5 Å². The van der Waals surface area contributed by atoms with Crippen LogP contribution in [0.2, 0.25) is 0 Å². The van der Waals surface area contributed by atoms with Crippen LogP contribution < -0.4 is 14.2 Å². The summed E-state index contributed by atoms with van der Waals surface area (Å²) in [4.78, 5) is 34.6. The fourth-order valence-corrected chi connectivity index (χ4v) is 3.06. The molecule has 1 amide bonds. The lowest BCUT2D eigenvalue weighted by Crippen LogP contribution is -2.26. The minimum atomic E-state index is -1.09. The summed E-state index contributed by atoms with van der Waals surface area (Å²) in [5.74, 6) is -0.488. The number of nitro benzene ring substituents is 1. The number of nitro groups is 1. The number of rotatable bonds is 4. The van der Waals surface area contributed by atoms with Gasteiger partial charge in [-0.15, -0.1) is 5.10 Å². The number of nitrogens with zero attached hydrogens (tertiary/aromatic N) is 3. The Hall–Kier alpha value is -4.15. The van der Waals surface area contributed by atoms with Crippen molar-refractivity contribution in [1.82, 2.24) is 5.01 Å². The number of hydrogen-bond donors (Lipinski definition) is 0. The molecule has 0 spiro atoms. The Balaban J connectivity index is 1.77. The maximum atomic E-state index is 12.2. The summed E-state index contributed by atoms with van der Waals surface area (Å²) in [7, 11) is 0. The number of para-hydroxylation sites is 1. The van der Waals surface area contributed by atoms with Crippen LogP contribution in [-0.2, 0) is 14.3 Å². The second-order valence-electron chi connectivity index (χ2n) is 6.35. The SMILES string of the molecule is CC(=O)Oc1ccccc1[C@@H]1OC(c2cc3c(cc2[N+](=O)[O-])OCO3)=NN1C(C)=O. The van der Waals surface area contributed by atoms with E-state index < -0.39 is 23.0 Å². The Kier molecular flexibility index (Phi) is 4.70. The zero-order valence-corrected chi connectivity index (χ0v) is 15.9. The third kappa shape index (κ3) is 3.36. The van der Waals surface area contributed by atoms with Crippen LogP contribution in [0.25, 0.3) is 0 Å². The summed E-state index contributed by atoms with van der Waals surface area (Å²) < 4.78 is 21.5. The van der Waals surface area contributed by atoms with Crippen molar-refractivity contribution in [1.29, 1.82) is 0 Å². The smallest absolute Gasteiger partial charge is 0.308 e. The summed E-state index contributed by atoms with van der Waals surface area (Å²) in [6, 6.07) is 9.05. The molecule has 0 saturated carbocycles. The van der Waals surface area contributed by atoms with Gasteiger partial charge in [-0.2, -0.15) is 5.01 Å². The summed E-state index contributed by atoms with van der Waals surface area (Å²) >= 11 is 0. The van der Waals surface area contributed by atoms with Gasteiger partial charge in [0.05, 0.1) is 16.6 Å². The molecule has 154 valence electrons. The normalized spacial score (nSPS) is 16.7. The molecule has 11 heteroatoms. The van der Waals surface area contributed by atoms with Gasteiger partial charge in [0.15, 0.2) is 11.5 Å². The van der Waals surface area contributed by atoms with Gasteiger partial charge in [0.25, 0.3) is 5.69 Å². The lowest BCUT2D eigenvalue weighted by atomic mass is 10.1. The highest BCUT2D eigenvalue weighted by atomic mass is 16.7. The van der Waals surface area contributed by atoms with Crippen LogP contribution in [0.3, 0.4) is 0 Å². The largest absolute Gasteiger partial charge is 0.454 e. The van der Waals surface area contributed by atoms with Crippen molar-refractivity contribution in [3.8, 4) is 17.2 Å². The Bertz CT molecular complexity index is 1100. The van der Waals surface area contributed by atoms with Crippen molar-refractivity contribution in [2.45, 2.75) is 20.1 Å². The fourth-order valence-electron chi connectivity index (χ4n) is 3.06. The van der Waals surface area contributed by atoms with Crippen molar-refractivity contribution in [3.05, 3.63) is 57.6 Å². The standard InChI is InChI=1S/C19H15N3O8/c1-10(23)21-19(12-5-3-4-6-15(12)29-11(2)24)30-18(20-21)13-7-16-17(28-9-27-16)8-14(13)22(25)26/h3-8,19H,9H2,1-2H3/t19-/m0/s1. The predicted octanol–water partition coefficient (Wildman–Crippen LogP) is 2.49. The molecule has 30 heavy (non-hydrogen) atoms. The Morgan fingerprint density at radius 2 is 1.90 bits per heavy atom. The van der Waals surface area contributed by atoms with Crippen LogP contribution in [0.5, 0.6) is 17.2 Å². The average Bonchev–Trinajstić information content (AvgIpc) is 3.33.